The molecule has 38 heavy (non-hydrogen) atoms. The summed E-state index contributed by atoms with van der Waals surface area (Å²) in [7, 11) is 0. The van der Waals surface area contributed by atoms with Crippen molar-refractivity contribution in [3.05, 3.63) is 57.3 Å². The molecule has 4 saturated carbocycles. The molecule has 204 valence electrons. The molecule has 0 spiro atoms. The second-order valence-corrected chi connectivity index (χ2v) is 13.8. The number of hydrogen-bond acceptors (Lipinski definition) is 2. The van der Waals surface area contributed by atoms with Gasteiger partial charge in [0.1, 0.15) is 0 Å². The minimum Gasteiger partial charge on any atom is -0.345 e. The number of rotatable bonds is 7. The Morgan fingerprint density at radius 3 is 2.21 bits per heavy atom. The van der Waals surface area contributed by atoms with Crippen molar-refractivity contribution < 1.29 is 14.0 Å². The standard InChI is InChI=1S/C31H37Cl2FN2O2/c1-18-7-9-19(10-8-18)35-14-11-21(28(35)31(34)12-13-31)29(38)36(20-15-22-23(16-20)30(22,2)3)17-26(37)27-24(32)5-4-6-25(27)33/h4-6,11,14,18-20,22-23H,7-10,12-13,15-17H2,1-3H3/t18-,19+,20-,22+,23-. The van der Waals surface area contributed by atoms with Crippen molar-refractivity contribution in [2.75, 3.05) is 6.54 Å². The van der Waals surface area contributed by atoms with Crippen LogP contribution in [0.3, 0.4) is 0 Å². The predicted molar refractivity (Wildman–Crippen MR) is 149 cm³/mol. The molecule has 0 radical (unpaired) electrons. The van der Waals surface area contributed by atoms with Crippen molar-refractivity contribution in [1.82, 2.24) is 9.47 Å². The molecule has 0 bridgehead atoms. The van der Waals surface area contributed by atoms with Gasteiger partial charge in [0.15, 0.2) is 11.5 Å². The number of Topliss-reactive ketones (excluding diaryl/α,β-unsaturated/α-hetero) is 1. The highest BCUT2D eigenvalue weighted by molar-refractivity contribution is 6.40. The number of alkyl halides is 1. The van der Waals surface area contributed by atoms with Crippen molar-refractivity contribution in [2.24, 2.45) is 23.2 Å². The molecule has 1 aromatic heterocycles. The summed E-state index contributed by atoms with van der Waals surface area (Å²) in [5.74, 6) is 1.25. The number of ketones is 1. The molecule has 0 aliphatic heterocycles. The number of carbonyl (C=O) groups excluding carboxylic acids is 2. The fourth-order valence-corrected chi connectivity index (χ4v) is 8.12. The number of nitrogens with zero attached hydrogens (tertiary/aromatic N) is 2. The van der Waals surface area contributed by atoms with E-state index in [-0.39, 0.29) is 51.3 Å². The minimum atomic E-state index is -1.46. The molecule has 4 aliphatic carbocycles. The summed E-state index contributed by atoms with van der Waals surface area (Å²) < 4.78 is 18.0. The van der Waals surface area contributed by atoms with Gasteiger partial charge in [-0.05, 0) is 92.7 Å². The molecule has 1 heterocycles. The van der Waals surface area contributed by atoms with Gasteiger partial charge in [-0.3, -0.25) is 9.59 Å². The molecule has 1 amide bonds. The number of carbonyl (C=O) groups is 2. The Kier molecular flexibility index (Phi) is 6.50. The third-order valence-electron chi connectivity index (χ3n) is 10.2. The maximum absolute atomic E-state index is 15.9. The SMILES string of the molecule is CC1(C)[C@@H]2C[C@H](N(CC(=O)c3c(Cl)cccc3Cl)C(=O)c3ccn([C@H]4CC[C@@H](C)CC4)c3C3(F)CC3)C[C@@H]21. The van der Waals surface area contributed by atoms with Gasteiger partial charge in [-0.2, -0.15) is 0 Å². The Balaban J connectivity index is 1.34. The third kappa shape index (κ3) is 4.42. The van der Waals surface area contributed by atoms with Gasteiger partial charge in [0, 0.05) is 18.3 Å². The van der Waals surface area contributed by atoms with Crippen molar-refractivity contribution in [1.29, 1.82) is 0 Å². The number of amides is 1. The van der Waals surface area contributed by atoms with Crippen LogP contribution in [0.1, 0.15) is 105 Å². The first kappa shape index (κ1) is 26.4. The quantitative estimate of drug-likeness (QED) is 0.321. The van der Waals surface area contributed by atoms with Gasteiger partial charge in [0.25, 0.3) is 5.91 Å². The average molecular weight is 560 g/mol. The summed E-state index contributed by atoms with van der Waals surface area (Å²) in [4.78, 5) is 29.6. The molecule has 2 aromatic rings. The number of halogens is 3. The van der Waals surface area contributed by atoms with Gasteiger partial charge in [0.05, 0.1) is 33.4 Å². The summed E-state index contributed by atoms with van der Waals surface area (Å²) >= 11 is 12.7. The first-order chi connectivity index (χ1) is 18.0. The zero-order chi connectivity index (χ0) is 27.0. The monoisotopic (exact) mass is 558 g/mol. The van der Waals surface area contributed by atoms with Crippen LogP contribution in [-0.2, 0) is 5.67 Å². The van der Waals surface area contributed by atoms with Crippen molar-refractivity contribution >= 4 is 34.9 Å². The first-order valence-electron chi connectivity index (χ1n) is 14.2. The van der Waals surface area contributed by atoms with Crippen molar-refractivity contribution in [3.8, 4) is 0 Å². The second kappa shape index (κ2) is 9.37. The molecule has 4 aliphatic rings. The summed E-state index contributed by atoms with van der Waals surface area (Å²) in [5, 5.41) is 0.564. The lowest BCUT2D eigenvalue weighted by Gasteiger charge is -2.33. The average Bonchev–Trinajstić information content (AvgIpc) is 3.50. The normalized spacial score (nSPS) is 30.5. The lowest BCUT2D eigenvalue weighted by Crippen LogP contribution is -2.44. The lowest BCUT2D eigenvalue weighted by molar-refractivity contribution is 0.0613. The summed E-state index contributed by atoms with van der Waals surface area (Å²) in [6, 6.07) is 6.95. The minimum absolute atomic E-state index is 0.0581. The lowest BCUT2D eigenvalue weighted by atomic mass is 9.87. The van der Waals surface area contributed by atoms with Crippen LogP contribution in [0.5, 0.6) is 0 Å². The Labute approximate surface area is 234 Å². The number of fused-ring (bicyclic) bond motifs is 1. The molecule has 0 saturated heterocycles. The topological polar surface area (TPSA) is 42.3 Å². The Bertz CT molecular complexity index is 1240. The molecular formula is C31H37Cl2FN2O2. The third-order valence-corrected chi connectivity index (χ3v) is 10.9. The highest BCUT2D eigenvalue weighted by Gasteiger charge is 2.63. The fourth-order valence-electron chi connectivity index (χ4n) is 7.51. The maximum Gasteiger partial charge on any atom is 0.256 e. The van der Waals surface area contributed by atoms with Gasteiger partial charge in [-0.15, -0.1) is 0 Å². The molecule has 0 N–H and O–H groups in total. The number of hydrogen-bond donors (Lipinski definition) is 0. The van der Waals surface area contributed by atoms with E-state index in [1.807, 2.05) is 6.20 Å². The van der Waals surface area contributed by atoms with Crippen LogP contribution < -0.4 is 0 Å². The van der Waals surface area contributed by atoms with Crippen LogP contribution in [0.25, 0.3) is 0 Å². The summed E-state index contributed by atoms with van der Waals surface area (Å²) in [6.45, 7) is 6.72. The molecule has 0 unspecified atom stereocenters. The van der Waals surface area contributed by atoms with E-state index in [1.165, 1.54) is 0 Å². The summed E-state index contributed by atoms with van der Waals surface area (Å²) in [5.41, 5.74) is 0.0138. The largest absolute Gasteiger partial charge is 0.345 e. The van der Waals surface area contributed by atoms with E-state index in [1.54, 1.807) is 29.2 Å². The number of aromatic nitrogens is 1. The van der Waals surface area contributed by atoms with Crippen LogP contribution in [0.2, 0.25) is 10.0 Å². The van der Waals surface area contributed by atoms with Crippen LogP contribution in [-0.4, -0.2) is 33.7 Å². The van der Waals surface area contributed by atoms with Gasteiger partial charge >= 0.3 is 0 Å². The molecule has 7 heteroatoms. The van der Waals surface area contributed by atoms with E-state index in [9.17, 15) is 9.59 Å². The van der Waals surface area contributed by atoms with Gasteiger partial charge in [0.2, 0.25) is 0 Å². The zero-order valence-electron chi connectivity index (χ0n) is 22.5. The molecule has 6 rings (SSSR count). The molecule has 4 fully saturated rings. The molecule has 1 aromatic carbocycles. The van der Waals surface area contributed by atoms with Crippen LogP contribution in [0, 0.1) is 23.2 Å². The van der Waals surface area contributed by atoms with E-state index in [0.29, 0.717) is 41.9 Å². The van der Waals surface area contributed by atoms with Crippen LogP contribution in [0.4, 0.5) is 4.39 Å². The van der Waals surface area contributed by atoms with E-state index >= 15 is 4.39 Å². The zero-order valence-corrected chi connectivity index (χ0v) is 24.0. The second-order valence-electron chi connectivity index (χ2n) is 13.0. The van der Waals surface area contributed by atoms with E-state index in [0.717, 1.165) is 38.5 Å². The Morgan fingerprint density at radius 1 is 1.03 bits per heavy atom. The predicted octanol–water partition coefficient (Wildman–Crippen LogP) is 8.26. The van der Waals surface area contributed by atoms with Crippen LogP contribution in [0.15, 0.2) is 30.5 Å². The highest BCUT2D eigenvalue weighted by atomic mass is 35.5. The van der Waals surface area contributed by atoms with Gasteiger partial charge in [-0.1, -0.05) is 50.0 Å². The van der Waals surface area contributed by atoms with Crippen molar-refractivity contribution in [2.45, 2.75) is 89.9 Å². The smallest absolute Gasteiger partial charge is 0.256 e. The number of benzene rings is 1. The first-order valence-corrected chi connectivity index (χ1v) is 14.9. The highest BCUT2D eigenvalue weighted by Crippen LogP contribution is 2.67. The maximum atomic E-state index is 15.9. The molecular weight excluding hydrogens is 522 g/mol. The Morgan fingerprint density at radius 2 is 1.63 bits per heavy atom. The van der Waals surface area contributed by atoms with E-state index in [4.69, 9.17) is 23.2 Å². The van der Waals surface area contributed by atoms with E-state index < -0.39 is 5.67 Å². The van der Waals surface area contributed by atoms with E-state index in [2.05, 4.69) is 25.3 Å². The van der Waals surface area contributed by atoms with Crippen LogP contribution >= 0.6 is 23.2 Å². The molecule has 4 nitrogen and oxygen atoms in total. The van der Waals surface area contributed by atoms with Gasteiger partial charge < -0.3 is 9.47 Å². The summed E-state index contributed by atoms with van der Waals surface area (Å²) in [6.07, 6.45) is 8.77. The van der Waals surface area contributed by atoms with Crippen molar-refractivity contribution in [3.63, 3.8) is 0 Å². The Hall–Kier alpha value is -1.85. The molecule has 3 atom stereocenters. The van der Waals surface area contributed by atoms with Gasteiger partial charge in [-0.25, -0.2) is 4.39 Å². The fraction of sp³-hybridized carbons (Fsp3) is 0.613.